The highest BCUT2D eigenvalue weighted by Crippen LogP contribution is 2.21. The first kappa shape index (κ1) is 12.5. The van der Waals surface area contributed by atoms with E-state index in [9.17, 15) is 9.90 Å². The van der Waals surface area contributed by atoms with E-state index in [4.69, 9.17) is 0 Å². The van der Waals surface area contributed by atoms with Crippen molar-refractivity contribution < 1.29 is 14.6 Å². The van der Waals surface area contributed by atoms with Crippen LogP contribution in [0.15, 0.2) is 0 Å². The van der Waals surface area contributed by atoms with Crippen LogP contribution in [-0.4, -0.2) is 48.3 Å². The number of ether oxygens (including phenoxy) is 1. The second-order valence-corrected chi connectivity index (χ2v) is 4.52. The number of likely N-dealkylation sites (tertiary alicyclic amines) is 1. The topological polar surface area (TPSA) is 49.8 Å². The summed E-state index contributed by atoms with van der Waals surface area (Å²) in [6.45, 7) is 4.66. The molecule has 4 heteroatoms. The Hall–Kier alpha value is -0.610. The molecule has 1 saturated heterocycles. The monoisotopic (exact) mass is 215 g/mol. The molecule has 4 nitrogen and oxygen atoms in total. The standard InChI is InChI=1S/C11H21NO3/c1-11(14)5-8-12(9-6-11)7-3-4-10(13)15-2/h14H,3-9H2,1-2H3. The Morgan fingerprint density at radius 2 is 2.07 bits per heavy atom. The zero-order chi connectivity index (χ0) is 11.3. The molecule has 0 aromatic heterocycles. The van der Waals surface area contributed by atoms with E-state index < -0.39 is 5.60 Å². The molecule has 1 aliphatic heterocycles. The van der Waals surface area contributed by atoms with E-state index in [1.54, 1.807) is 0 Å². The van der Waals surface area contributed by atoms with Crippen LogP contribution in [0.25, 0.3) is 0 Å². The summed E-state index contributed by atoms with van der Waals surface area (Å²) in [5.41, 5.74) is -0.487. The first-order valence-electron chi connectivity index (χ1n) is 5.55. The molecule has 0 radical (unpaired) electrons. The van der Waals surface area contributed by atoms with Gasteiger partial charge < -0.3 is 14.7 Å². The van der Waals surface area contributed by atoms with E-state index in [0.29, 0.717) is 6.42 Å². The van der Waals surface area contributed by atoms with Crippen LogP contribution in [0.2, 0.25) is 0 Å². The third-order valence-corrected chi connectivity index (χ3v) is 3.02. The van der Waals surface area contributed by atoms with Gasteiger partial charge in [-0.1, -0.05) is 0 Å². The van der Waals surface area contributed by atoms with E-state index in [-0.39, 0.29) is 5.97 Å². The summed E-state index contributed by atoms with van der Waals surface area (Å²) in [7, 11) is 1.42. The molecule has 0 aromatic carbocycles. The van der Waals surface area contributed by atoms with Gasteiger partial charge in [0.05, 0.1) is 12.7 Å². The van der Waals surface area contributed by atoms with Crippen LogP contribution in [0.1, 0.15) is 32.6 Å². The molecule has 0 amide bonds. The maximum Gasteiger partial charge on any atom is 0.305 e. The number of aliphatic hydroxyl groups is 1. The zero-order valence-corrected chi connectivity index (χ0v) is 9.66. The van der Waals surface area contributed by atoms with Crippen LogP contribution in [0.4, 0.5) is 0 Å². The van der Waals surface area contributed by atoms with Crippen LogP contribution in [0, 0.1) is 0 Å². The third-order valence-electron chi connectivity index (χ3n) is 3.02. The Labute approximate surface area is 91.2 Å². The number of carbonyl (C=O) groups is 1. The van der Waals surface area contributed by atoms with Gasteiger partial charge in [0, 0.05) is 19.5 Å². The molecule has 15 heavy (non-hydrogen) atoms. The Kier molecular flexibility index (Phi) is 4.54. The number of rotatable bonds is 4. The summed E-state index contributed by atoms with van der Waals surface area (Å²) in [5.74, 6) is -0.140. The maximum atomic E-state index is 10.9. The van der Waals surface area contributed by atoms with Crippen LogP contribution in [-0.2, 0) is 9.53 Å². The fourth-order valence-electron chi connectivity index (χ4n) is 1.81. The van der Waals surface area contributed by atoms with E-state index in [0.717, 1.165) is 38.9 Å². The lowest BCUT2D eigenvalue weighted by Crippen LogP contribution is -2.42. The lowest BCUT2D eigenvalue weighted by Gasteiger charge is -2.35. The van der Waals surface area contributed by atoms with Gasteiger partial charge in [0.1, 0.15) is 0 Å². The Balaban J connectivity index is 2.11. The number of carbonyl (C=O) groups excluding carboxylic acids is 1. The Morgan fingerprint density at radius 1 is 1.47 bits per heavy atom. The normalized spacial score (nSPS) is 21.3. The van der Waals surface area contributed by atoms with Crippen molar-refractivity contribution in [3.8, 4) is 0 Å². The minimum Gasteiger partial charge on any atom is -0.469 e. The van der Waals surface area contributed by atoms with Crippen molar-refractivity contribution in [2.75, 3.05) is 26.7 Å². The number of methoxy groups -OCH3 is 1. The highest BCUT2D eigenvalue weighted by Gasteiger charge is 2.26. The van der Waals surface area contributed by atoms with Gasteiger partial charge in [0.25, 0.3) is 0 Å². The molecule has 0 unspecified atom stereocenters. The van der Waals surface area contributed by atoms with Gasteiger partial charge >= 0.3 is 5.97 Å². The van der Waals surface area contributed by atoms with Crippen LogP contribution in [0.5, 0.6) is 0 Å². The summed E-state index contributed by atoms with van der Waals surface area (Å²) in [5, 5.41) is 9.74. The van der Waals surface area contributed by atoms with E-state index >= 15 is 0 Å². The third kappa shape index (κ3) is 4.62. The summed E-state index contributed by atoms with van der Waals surface area (Å²) < 4.78 is 4.58. The summed E-state index contributed by atoms with van der Waals surface area (Å²) in [4.78, 5) is 13.2. The molecule has 1 aliphatic rings. The number of hydrogen-bond donors (Lipinski definition) is 1. The molecule has 1 heterocycles. The van der Waals surface area contributed by atoms with Crippen LogP contribution in [0.3, 0.4) is 0 Å². The molecule has 1 N–H and O–H groups in total. The Morgan fingerprint density at radius 3 is 2.60 bits per heavy atom. The highest BCUT2D eigenvalue weighted by molar-refractivity contribution is 5.69. The fourth-order valence-corrected chi connectivity index (χ4v) is 1.81. The quantitative estimate of drug-likeness (QED) is 0.704. The molecule has 0 aliphatic carbocycles. The van der Waals surface area contributed by atoms with Crippen molar-refractivity contribution >= 4 is 5.97 Å². The number of esters is 1. The smallest absolute Gasteiger partial charge is 0.305 e. The second-order valence-electron chi connectivity index (χ2n) is 4.52. The van der Waals surface area contributed by atoms with Gasteiger partial charge in [-0.05, 0) is 32.7 Å². The van der Waals surface area contributed by atoms with Crippen molar-refractivity contribution in [3.05, 3.63) is 0 Å². The molecule has 0 spiro atoms. The molecule has 1 rings (SSSR count). The minimum atomic E-state index is -0.487. The molecule has 0 bridgehead atoms. The molecule has 88 valence electrons. The number of hydrogen-bond acceptors (Lipinski definition) is 4. The van der Waals surface area contributed by atoms with E-state index in [1.165, 1.54) is 7.11 Å². The van der Waals surface area contributed by atoms with E-state index in [2.05, 4.69) is 9.64 Å². The zero-order valence-electron chi connectivity index (χ0n) is 9.66. The van der Waals surface area contributed by atoms with Crippen LogP contribution < -0.4 is 0 Å². The molecule has 1 fully saturated rings. The predicted molar refractivity (Wildman–Crippen MR) is 57.5 cm³/mol. The molecule has 0 atom stereocenters. The lowest BCUT2D eigenvalue weighted by atomic mass is 9.94. The van der Waals surface area contributed by atoms with Gasteiger partial charge in [0.15, 0.2) is 0 Å². The van der Waals surface area contributed by atoms with Gasteiger partial charge in [-0.15, -0.1) is 0 Å². The second kappa shape index (κ2) is 5.47. The van der Waals surface area contributed by atoms with Crippen molar-refractivity contribution in [2.24, 2.45) is 0 Å². The van der Waals surface area contributed by atoms with Crippen molar-refractivity contribution in [2.45, 2.75) is 38.2 Å². The maximum absolute atomic E-state index is 10.9. The van der Waals surface area contributed by atoms with Gasteiger partial charge in [0.2, 0.25) is 0 Å². The van der Waals surface area contributed by atoms with Crippen molar-refractivity contribution in [1.29, 1.82) is 0 Å². The number of nitrogens with zero attached hydrogens (tertiary/aromatic N) is 1. The molecule has 0 aromatic rings. The Bertz CT molecular complexity index is 206. The van der Waals surface area contributed by atoms with Gasteiger partial charge in [-0.25, -0.2) is 0 Å². The van der Waals surface area contributed by atoms with Gasteiger partial charge in [-0.3, -0.25) is 4.79 Å². The molecule has 0 saturated carbocycles. The SMILES string of the molecule is COC(=O)CCCN1CCC(C)(O)CC1. The van der Waals surface area contributed by atoms with Gasteiger partial charge in [-0.2, -0.15) is 0 Å². The first-order chi connectivity index (χ1) is 7.03. The number of piperidine rings is 1. The van der Waals surface area contributed by atoms with E-state index in [1.807, 2.05) is 6.92 Å². The summed E-state index contributed by atoms with van der Waals surface area (Å²) in [6.07, 6.45) is 2.98. The van der Waals surface area contributed by atoms with Crippen LogP contribution >= 0.6 is 0 Å². The largest absolute Gasteiger partial charge is 0.469 e. The lowest BCUT2D eigenvalue weighted by molar-refractivity contribution is -0.140. The van der Waals surface area contributed by atoms with Crippen molar-refractivity contribution in [1.82, 2.24) is 4.90 Å². The molecular formula is C11H21NO3. The average Bonchev–Trinajstić information content (AvgIpc) is 2.20. The average molecular weight is 215 g/mol. The summed E-state index contributed by atoms with van der Waals surface area (Å²) in [6, 6.07) is 0. The first-order valence-corrected chi connectivity index (χ1v) is 5.55. The predicted octanol–water partition coefficient (Wildman–Crippen LogP) is 0.786. The summed E-state index contributed by atoms with van der Waals surface area (Å²) >= 11 is 0. The molecular weight excluding hydrogens is 194 g/mol. The van der Waals surface area contributed by atoms with Crippen molar-refractivity contribution in [3.63, 3.8) is 0 Å². The highest BCUT2D eigenvalue weighted by atomic mass is 16.5. The fraction of sp³-hybridized carbons (Fsp3) is 0.909. The minimum absolute atomic E-state index is 0.140.